The van der Waals surface area contributed by atoms with E-state index in [-0.39, 0.29) is 5.41 Å². The highest BCUT2D eigenvalue weighted by molar-refractivity contribution is 5.73. The van der Waals surface area contributed by atoms with E-state index in [0.717, 1.165) is 0 Å². The molecule has 1 aliphatic carbocycles. The van der Waals surface area contributed by atoms with Crippen molar-refractivity contribution in [3.8, 4) is 0 Å². The summed E-state index contributed by atoms with van der Waals surface area (Å²) in [6.45, 7) is 6.63. The molecule has 0 radical (unpaired) electrons. The van der Waals surface area contributed by atoms with Crippen molar-refractivity contribution in [2.75, 3.05) is 0 Å². The Morgan fingerprint density at radius 3 is 2.25 bits per heavy atom. The van der Waals surface area contributed by atoms with Crippen LogP contribution >= 0.6 is 0 Å². The van der Waals surface area contributed by atoms with Crippen molar-refractivity contribution in [1.82, 2.24) is 0 Å². The van der Waals surface area contributed by atoms with Crippen LogP contribution in [0, 0.1) is 12.3 Å². The second-order valence-electron chi connectivity index (χ2n) is 4.91. The standard InChI is InChI=1S/C16H18/c1-13-8-10-14(11-9-13)15-7-5-4-6-12-16(15,2)3/h4-12H,1-3H3. The van der Waals surface area contributed by atoms with Gasteiger partial charge in [0.1, 0.15) is 0 Å². The van der Waals surface area contributed by atoms with E-state index in [2.05, 4.69) is 75.4 Å². The molecule has 0 bridgehead atoms. The third-order valence-corrected chi connectivity index (χ3v) is 3.05. The Morgan fingerprint density at radius 1 is 0.875 bits per heavy atom. The van der Waals surface area contributed by atoms with Gasteiger partial charge >= 0.3 is 0 Å². The van der Waals surface area contributed by atoms with E-state index in [4.69, 9.17) is 0 Å². The molecule has 0 heterocycles. The topological polar surface area (TPSA) is 0 Å². The molecule has 0 unspecified atom stereocenters. The van der Waals surface area contributed by atoms with Gasteiger partial charge in [0.25, 0.3) is 0 Å². The van der Waals surface area contributed by atoms with Crippen molar-refractivity contribution in [2.24, 2.45) is 5.41 Å². The molecule has 0 N–H and O–H groups in total. The van der Waals surface area contributed by atoms with E-state index >= 15 is 0 Å². The van der Waals surface area contributed by atoms with Crippen LogP contribution in [-0.4, -0.2) is 0 Å². The molecular formula is C16H18. The molecule has 1 aliphatic rings. The van der Waals surface area contributed by atoms with Gasteiger partial charge in [-0.15, -0.1) is 0 Å². The lowest BCUT2D eigenvalue weighted by molar-refractivity contribution is 0.650. The van der Waals surface area contributed by atoms with Crippen molar-refractivity contribution < 1.29 is 0 Å². The van der Waals surface area contributed by atoms with Crippen LogP contribution in [0.25, 0.3) is 5.57 Å². The first kappa shape index (κ1) is 10.9. The van der Waals surface area contributed by atoms with Gasteiger partial charge in [-0.3, -0.25) is 0 Å². The average Bonchev–Trinajstić information content (AvgIpc) is 2.41. The summed E-state index contributed by atoms with van der Waals surface area (Å²) in [5, 5.41) is 0. The number of rotatable bonds is 1. The molecule has 0 saturated carbocycles. The summed E-state index contributed by atoms with van der Waals surface area (Å²) in [7, 11) is 0. The summed E-state index contributed by atoms with van der Waals surface area (Å²) >= 11 is 0. The largest absolute Gasteiger partial charge is 0.0745 e. The summed E-state index contributed by atoms with van der Waals surface area (Å²) in [5.41, 5.74) is 4.09. The molecule has 0 aromatic heterocycles. The summed E-state index contributed by atoms with van der Waals surface area (Å²) in [4.78, 5) is 0. The molecule has 82 valence electrons. The highest BCUT2D eigenvalue weighted by Crippen LogP contribution is 2.37. The third-order valence-electron chi connectivity index (χ3n) is 3.05. The van der Waals surface area contributed by atoms with Crippen LogP contribution < -0.4 is 0 Å². The molecule has 0 spiro atoms. The molecule has 1 aromatic carbocycles. The maximum absolute atomic E-state index is 2.25. The zero-order valence-corrected chi connectivity index (χ0v) is 10.2. The zero-order chi connectivity index (χ0) is 11.6. The molecule has 1 aromatic rings. The quantitative estimate of drug-likeness (QED) is 0.638. The molecule has 0 saturated heterocycles. The van der Waals surface area contributed by atoms with Crippen LogP contribution in [-0.2, 0) is 0 Å². The van der Waals surface area contributed by atoms with E-state index in [0.29, 0.717) is 0 Å². The highest BCUT2D eigenvalue weighted by atomic mass is 14.2. The fourth-order valence-corrected chi connectivity index (χ4v) is 2.02. The molecule has 16 heavy (non-hydrogen) atoms. The summed E-state index contributed by atoms with van der Waals surface area (Å²) in [6, 6.07) is 8.75. The smallest absolute Gasteiger partial charge is 0.00843 e. The van der Waals surface area contributed by atoms with E-state index in [9.17, 15) is 0 Å². The zero-order valence-electron chi connectivity index (χ0n) is 10.2. The minimum Gasteiger partial charge on any atom is -0.0745 e. The molecule has 0 amide bonds. The van der Waals surface area contributed by atoms with Crippen LogP contribution in [0.4, 0.5) is 0 Å². The van der Waals surface area contributed by atoms with Gasteiger partial charge in [-0.2, -0.15) is 0 Å². The Bertz CT molecular complexity index is 453. The first-order valence-electron chi connectivity index (χ1n) is 5.73. The SMILES string of the molecule is Cc1ccc(C2=CC=CC=CC2(C)C)cc1. The van der Waals surface area contributed by atoms with E-state index < -0.39 is 0 Å². The molecule has 0 nitrogen and oxygen atoms in total. The number of hydrogen-bond acceptors (Lipinski definition) is 0. The monoisotopic (exact) mass is 210 g/mol. The van der Waals surface area contributed by atoms with Crippen molar-refractivity contribution in [3.05, 3.63) is 65.8 Å². The Morgan fingerprint density at radius 2 is 1.56 bits per heavy atom. The number of benzene rings is 1. The van der Waals surface area contributed by atoms with E-state index in [1.165, 1.54) is 16.7 Å². The number of allylic oxidation sites excluding steroid dienone is 6. The average molecular weight is 210 g/mol. The lowest BCUT2D eigenvalue weighted by Crippen LogP contribution is -2.09. The first-order valence-corrected chi connectivity index (χ1v) is 5.73. The van der Waals surface area contributed by atoms with Crippen LogP contribution in [0.15, 0.2) is 54.6 Å². The van der Waals surface area contributed by atoms with Crippen molar-refractivity contribution in [1.29, 1.82) is 0 Å². The van der Waals surface area contributed by atoms with E-state index in [1.807, 2.05) is 0 Å². The van der Waals surface area contributed by atoms with Gasteiger partial charge in [0.2, 0.25) is 0 Å². The van der Waals surface area contributed by atoms with Crippen molar-refractivity contribution in [2.45, 2.75) is 20.8 Å². The second kappa shape index (κ2) is 4.13. The van der Waals surface area contributed by atoms with Gasteiger partial charge < -0.3 is 0 Å². The minimum absolute atomic E-state index is 0.0960. The lowest BCUT2D eigenvalue weighted by Gasteiger charge is -2.24. The van der Waals surface area contributed by atoms with Crippen LogP contribution in [0.3, 0.4) is 0 Å². The Kier molecular flexibility index (Phi) is 2.82. The summed E-state index contributed by atoms with van der Waals surface area (Å²) in [6.07, 6.45) is 10.8. The highest BCUT2D eigenvalue weighted by Gasteiger charge is 2.21. The van der Waals surface area contributed by atoms with Gasteiger partial charge in [-0.25, -0.2) is 0 Å². The van der Waals surface area contributed by atoms with Gasteiger partial charge in [0.15, 0.2) is 0 Å². The fraction of sp³-hybridized carbons (Fsp3) is 0.250. The number of hydrogen-bond donors (Lipinski definition) is 0. The summed E-state index contributed by atoms with van der Waals surface area (Å²) in [5.74, 6) is 0. The molecule has 2 rings (SSSR count). The first-order chi connectivity index (χ1) is 7.59. The molecule has 0 atom stereocenters. The Hall–Kier alpha value is -1.56. The molecule has 0 aliphatic heterocycles. The lowest BCUT2D eigenvalue weighted by atomic mass is 9.80. The predicted octanol–water partition coefficient (Wildman–Crippen LogP) is 4.53. The van der Waals surface area contributed by atoms with Gasteiger partial charge in [0, 0.05) is 5.41 Å². The molecule has 0 fully saturated rings. The Balaban J connectivity index is 2.46. The maximum Gasteiger partial charge on any atom is 0.00843 e. The maximum atomic E-state index is 2.25. The predicted molar refractivity (Wildman–Crippen MR) is 71.2 cm³/mol. The van der Waals surface area contributed by atoms with Crippen LogP contribution in [0.2, 0.25) is 0 Å². The van der Waals surface area contributed by atoms with E-state index in [1.54, 1.807) is 0 Å². The van der Waals surface area contributed by atoms with Crippen LogP contribution in [0.5, 0.6) is 0 Å². The van der Waals surface area contributed by atoms with Crippen LogP contribution in [0.1, 0.15) is 25.0 Å². The van der Waals surface area contributed by atoms with Gasteiger partial charge in [0.05, 0.1) is 0 Å². The molecule has 0 heteroatoms. The minimum atomic E-state index is 0.0960. The van der Waals surface area contributed by atoms with Gasteiger partial charge in [-0.1, -0.05) is 74.1 Å². The normalized spacial score (nSPS) is 18.1. The van der Waals surface area contributed by atoms with Crippen molar-refractivity contribution >= 4 is 5.57 Å². The number of aryl methyl sites for hydroxylation is 1. The van der Waals surface area contributed by atoms with Crippen molar-refractivity contribution in [3.63, 3.8) is 0 Å². The van der Waals surface area contributed by atoms with Gasteiger partial charge in [-0.05, 0) is 18.1 Å². The summed E-state index contributed by atoms with van der Waals surface area (Å²) < 4.78 is 0. The second-order valence-corrected chi connectivity index (χ2v) is 4.91. The third kappa shape index (κ3) is 2.16. The molecular weight excluding hydrogens is 192 g/mol. The fourth-order valence-electron chi connectivity index (χ4n) is 2.02. The Labute approximate surface area is 98.0 Å².